The van der Waals surface area contributed by atoms with E-state index in [-0.39, 0.29) is 46.2 Å². The molecular weight excluding hydrogens is 335 g/mol. The number of benzene rings is 1. The topological polar surface area (TPSA) is 141 Å². The smallest absolute Gasteiger partial charge is 0.748 e. The molecule has 114 valence electrons. The van der Waals surface area contributed by atoms with Gasteiger partial charge in [-0.2, -0.15) is 8.42 Å². The third-order valence-corrected chi connectivity index (χ3v) is 4.29. The van der Waals surface area contributed by atoms with Crippen molar-refractivity contribution >= 4 is 20.2 Å². The molecular formula is C10H13NaO8S2. The van der Waals surface area contributed by atoms with Gasteiger partial charge in [0, 0.05) is 11.1 Å². The van der Waals surface area contributed by atoms with Gasteiger partial charge in [0.2, 0.25) is 0 Å². The van der Waals surface area contributed by atoms with Gasteiger partial charge in [0.05, 0.1) is 29.6 Å². The monoisotopic (exact) mass is 348 g/mol. The maximum absolute atomic E-state index is 11.3. The first-order valence-corrected chi connectivity index (χ1v) is 8.40. The van der Waals surface area contributed by atoms with Crippen LogP contribution in [-0.4, -0.2) is 38.7 Å². The zero-order valence-electron chi connectivity index (χ0n) is 11.4. The van der Waals surface area contributed by atoms with Gasteiger partial charge in [0.1, 0.15) is 11.5 Å². The molecule has 0 atom stereocenters. The standard InChI is InChI=1S/C10H14O8S2.Na/c1-18-20(16,17)5-7-2-8(4-11)10(12)9(3-7)6-19(13,14)15;/h2-3,11-12H,4-6H2,1H3,(H,13,14,15);/q;+1/p-1. The van der Waals surface area contributed by atoms with Crippen LogP contribution in [-0.2, 0) is 42.5 Å². The summed E-state index contributed by atoms with van der Waals surface area (Å²) < 4.78 is 59.1. The Hall–Kier alpha value is -0.200. The maximum atomic E-state index is 11.3. The average Bonchev–Trinajstić information content (AvgIpc) is 2.31. The van der Waals surface area contributed by atoms with Gasteiger partial charge in [-0.1, -0.05) is 0 Å². The Morgan fingerprint density at radius 1 is 1.14 bits per heavy atom. The van der Waals surface area contributed by atoms with Crippen molar-refractivity contribution in [3.63, 3.8) is 0 Å². The number of hydrogen-bond donors (Lipinski definition) is 2. The van der Waals surface area contributed by atoms with Crippen LogP contribution >= 0.6 is 0 Å². The van der Waals surface area contributed by atoms with E-state index in [1.165, 1.54) is 6.07 Å². The predicted octanol–water partition coefficient (Wildman–Crippen LogP) is -3.59. The molecule has 0 aliphatic heterocycles. The van der Waals surface area contributed by atoms with Crippen LogP contribution in [0.3, 0.4) is 0 Å². The van der Waals surface area contributed by atoms with E-state index in [4.69, 9.17) is 5.11 Å². The molecule has 11 heteroatoms. The Balaban J connectivity index is 0.00000400. The number of phenols is 1. The normalized spacial score (nSPS) is 12.0. The second-order valence-electron chi connectivity index (χ2n) is 3.99. The van der Waals surface area contributed by atoms with Crippen molar-refractivity contribution in [1.82, 2.24) is 0 Å². The molecule has 0 aliphatic rings. The molecule has 0 heterocycles. The fourth-order valence-electron chi connectivity index (χ4n) is 1.60. The van der Waals surface area contributed by atoms with E-state index in [2.05, 4.69) is 4.18 Å². The first kappa shape index (κ1) is 20.8. The first-order valence-electron chi connectivity index (χ1n) is 5.24. The fourth-order valence-corrected chi connectivity index (χ4v) is 2.89. The number of hydrogen-bond acceptors (Lipinski definition) is 8. The summed E-state index contributed by atoms with van der Waals surface area (Å²) in [4.78, 5) is 0. The zero-order valence-corrected chi connectivity index (χ0v) is 15.1. The minimum atomic E-state index is -4.66. The molecule has 1 aromatic carbocycles. The zero-order chi connectivity index (χ0) is 15.6. The Kier molecular flexibility index (Phi) is 7.81. The molecule has 0 unspecified atom stereocenters. The SMILES string of the molecule is COS(=O)(=O)Cc1cc(CO)c(O)c(CS(=O)(=O)[O-])c1.[Na+]. The summed E-state index contributed by atoms with van der Waals surface area (Å²) in [6, 6.07) is 2.26. The maximum Gasteiger partial charge on any atom is 1.00 e. The van der Waals surface area contributed by atoms with E-state index < -0.39 is 44.1 Å². The van der Waals surface area contributed by atoms with Gasteiger partial charge in [0.15, 0.2) is 0 Å². The van der Waals surface area contributed by atoms with E-state index in [9.17, 15) is 26.5 Å². The van der Waals surface area contributed by atoms with Gasteiger partial charge in [-0.25, -0.2) is 8.42 Å². The van der Waals surface area contributed by atoms with Crippen molar-refractivity contribution < 1.29 is 65.3 Å². The number of aromatic hydroxyl groups is 1. The third-order valence-electron chi connectivity index (χ3n) is 2.43. The molecule has 0 bridgehead atoms. The van der Waals surface area contributed by atoms with Crippen LogP contribution in [0.25, 0.3) is 0 Å². The summed E-state index contributed by atoms with van der Waals surface area (Å²) in [5, 5.41) is 18.7. The first-order chi connectivity index (χ1) is 9.08. The Bertz CT molecular complexity index is 696. The molecule has 0 saturated carbocycles. The summed E-state index contributed by atoms with van der Waals surface area (Å²) in [5.74, 6) is -2.14. The van der Waals surface area contributed by atoms with Crippen LogP contribution in [0.4, 0.5) is 0 Å². The molecule has 2 N–H and O–H groups in total. The van der Waals surface area contributed by atoms with Crippen LogP contribution in [0, 0.1) is 0 Å². The largest absolute Gasteiger partial charge is 1.00 e. The molecule has 0 saturated heterocycles. The van der Waals surface area contributed by atoms with Crippen molar-refractivity contribution in [2.75, 3.05) is 7.11 Å². The predicted molar refractivity (Wildman–Crippen MR) is 67.1 cm³/mol. The van der Waals surface area contributed by atoms with E-state index in [1.807, 2.05) is 0 Å². The second kappa shape index (κ2) is 7.88. The van der Waals surface area contributed by atoms with Crippen LogP contribution in [0.2, 0.25) is 0 Å². The van der Waals surface area contributed by atoms with Crippen LogP contribution in [0.1, 0.15) is 16.7 Å². The molecule has 0 spiro atoms. The average molecular weight is 348 g/mol. The van der Waals surface area contributed by atoms with Gasteiger partial charge in [-0.3, -0.25) is 4.18 Å². The molecule has 21 heavy (non-hydrogen) atoms. The van der Waals surface area contributed by atoms with Crippen molar-refractivity contribution in [2.24, 2.45) is 0 Å². The van der Waals surface area contributed by atoms with E-state index in [0.717, 1.165) is 13.2 Å². The molecule has 0 aromatic heterocycles. The molecule has 0 fully saturated rings. The number of aliphatic hydroxyl groups is 1. The van der Waals surface area contributed by atoms with Gasteiger partial charge in [-0.15, -0.1) is 0 Å². The Morgan fingerprint density at radius 3 is 2.10 bits per heavy atom. The molecule has 0 radical (unpaired) electrons. The van der Waals surface area contributed by atoms with Crippen LogP contribution in [0.15, 0.2) is 12.1 Å². The quantitative estimate of drug-likeness (QED) is 0.305. The molecule has 1 rings (SSSR count). The number of rotatable bonds is 6. The summed E-state index contributed by atoms with van der Waals surface area (Å²) in [7, 11) is -7.56. The van der Waals surface area contributed by atoms with Crippen molar-refractivity contribution in [2.45, 2.75) is 18.1 Å². The Labute approximate surface area is 144 Å². The van der Waals surface area contributed by atoms with Crippen LogP contribution < -0.4 is 29.6 Å². The van der Waals surface area contributed by atoms with E-state index in [0.29, 0.717) is 0 Å². The van der Waals surface area contributed by atoms with Crippen molar-refractivity contribution in [3.8, 4) is 5.75 Å². The molecule has 0 aliphatic carbocycles. The van der Waals surface area contributed by atoms with Crippen LogP contribution in [0.5, 0.6) is 5.75 Å². The van der Waals surface area contributed by atoms with Crippen molar-refractivity contribution in [3.05, 3.63) is 28.8 Å². The minimum Gasteiger partial charge on any atom is -0.748 e. The minimum absolute atomic E-state index is 0. The van der Waals surface area contributed by atoms with Gasteiger partial charge < -0.3 is 14.8 Å². The van der Waals surface area contributed by atoms with E-state index in [1.54, 1.807) is 0 Å². The molecule has 1 aromatic rings. The summed E-state index contributed by atoms with van der Waals surface area (Å²) >= 11 is 0. The molecule has 8 nitrogen and oxygen atoms in total. The van der Waals surface area contributed by atoms with Gasteiger partial charge in [-0.05, 0) is 17.7 Å². The number of aliphatic hydroxyl groups excluding tert-OH is 1. The summed E-state index contributed by atoms with van der Waals surface area (Å²) in [6.07, 6.45) is 0. The Morgan fingerprint density at radius 2 is 1.67 bits per heavy atom. The van der Waals surface area contributed by atoms with Crippen molar-refractivity contribution in [1.29, 1.82) is 0 Å². The van der Waals surface area contributed by atoms with E-state index >= 15 is 0 Å². The fraction of sp³-hybridized carbons (Fsp3) is 0.400. The molecule has 0 amide bonds. The summed E-state index contributed by atoms with van der Waals surface area (Å²) in [6.45, 7) is -0.640. The van der Waals surface area contributed by atoms with Gasteiger partial charge >= 0.3 is 29.6 Å². The third kappa shape index (κ3) is 6.61. The van der Waals surface area contributed by atoms with Gasteiger partial charge in [0.25, 0.3) is 10.1 Å². The summed E-state index contributed by atoms with van der Waals surface area (Å²) in [5.41, 5.74) is -0.257. The second-order valence-corrected chi connectivity index (χ2v) is 7.13.